The molecule has 1 aliphatic rings. The zero-order chi connectivity index (χ0) is 14.1. The lowest BCUT2D eigenvalue weighted by atomic mass is 10.0. The van der Waals surface area contributed by atoms with E-state index >= 15 is 0 Å². The Morgan fingerprint density at radius 3 is 2.50 bits per heavy atom. The first-order valence-electron chi connectivity index (χ1n) is 6.92. The number of nitrogens with zero attached hydrogens (tertiary/aromatic N) is 1. The number of rotatable bonds is 4. The largest absolute Gasteiger partial charge is 0.493 e. The summed E-state index contributed by atoms with van der Waals surface area (Å²) < 4.78 is 11.0. The number of methoxy groups -OCH3 is 2. The summed E-state index contributed by atoms with van der Waals surface area (Å²) in [6, 6.07) is 8.30. The van der Waals surface area contributed by atoms with Gasteiger partial charge in [0.1, 0.15) is 0 Å². The highest BCUT2D eigenvalue weighted by Crippen LogP contribution is 2.48. The molecule has 3 nitrogen and oxygen atoms in total. The molecule has 1 saturated carbocycles. The van der Waals surface area contributed by atoms with Crippen molar-refractivity contribution in [2.45, 2.75) is 25.7 Å². The molecule has 0 atom stereocenters. The summed E-state index contributed by atoms with van der Waals surface area (Å²) in [4.78, 5) is 4.47. The van der Waals surface area contributed by atoms with Crippen LogP contribution in [0.3, 0.4) is 0 Å². The van der Waals surface area contributed by atoms with Gasteiger partial charge < -0.3 is 9.47 Å². The molecule has 0 radical (unpaired) electrons. The van der Waals surface area contributed by atoms with E-state index in [-0.39, 0.29) is 0 Å². The van der Waals surface area contributed by atoms with Gasteiger partial charge in [-0.05, 0) is 55.5 Å². The molecule has 104 valence electrons. The van der Waals surface area contributed by atoms with E-state index in [2.05, 4.69) is 24.0 Å². The van der Waals surface area contributed by atoms with Crippen molar-refractivity contribution in [3.8, 4) is 22.8 Å². The summed E-state index contributed by atoms with van der Waals surface area (Å²) in [6.45, 7) is 2.08. The highest BCUT2D eigenvalue weighted by Gasteiger charge is 2.29. The lowest BCUT2D eigenvalue weighted by Crippen LogP contribution is -1.97. The lowest BCUT2D eigenvalue weighted by Gasteiger charge is -2.15. The molecule has 0 unspecified atom stereocenters. The van der Waals surface area contributed by atoms with Gasteiger partial charge in [-0.1, -0.05) is 0 Å². The van der Waals surface area contributed by atoms with Crippen molar-refractivity contribution in [1.82, 2.24) is 4.98 Å². The highest BCUT2D eigenvalue weighted by atomic mass is 16.5. The molecule has 1 aromatic carbocycles. The van der Waals surface area contributed by atoms with E-state index in [0.717, 1.165) is 22.8 Å². The molecule has 0 saturated heterocycles. The standard InChI is InChI=1S/C17H19NO2/c1-11-6-7-18-15(8-11)13-9-14(12-4-5-12)17(20-3)16(10-13)19-2/h6-10,12H,4-5H2,1-3H3. The van der Waals surface area contributed by atoms with Gasteiger partial charge in [0, 0.05) is 17.3 Å². The maximum atomic E-state index is 5.54. The average Bonchev–Trinajstić information content (AvgIpc) is 3.30. The van der Waals surface area contributed by atoms with Crippen molar-refractivity contribution in [3.05, 3.63) is 41.6 Å². The molecule has 1 heterocycles. The first kappa shape index (κ1) is 13.0. The summed E-state index contributed by atoms with van der Waals surface area (Å²) in [5.41, 5.74) is 4.52. The Hall–Kier alpha value is -2.03. The minimum atomic E-state index is 0.601. The average molecular weight is 269 g/mol. The molecule has 3 heteroatoms. The van der Waals surface area contributed by atoms with E-state index in [1.54, 1.807) is 14.2 Å². The van der Waals surface area contributed by atoms with Gasteiger partial charge in [-0.25, -0.2) is 0 Å². The SMILES string of the molecule is COc1cc(-c2cc(C)ccn2)cc(C2CC2)c1OC. The monoisotopic (exact) mass is 269 g/mol. The van der Waals surface area contributed by atoms with Crippen molar-refractivity contribution in [1.29, 1.82) is 0 Å². The number of hydrogen-bond acceptors (Lipinski definition) is 3. The molecule has 0 spiro atoms. The van der Waals surface area contributed by atoms with Gasteiger partial charge in [-0.2, -0.15) is 0 Å². The fourth-order valence-electron chi connectivity index (χ4n) is 2.53. The maximum Gasteiger partial charge on any atom is 0.164 e. The zero-order valence-electron chi connectivity index (χ0n) is 12.1. The van der Waals surface area contributed by atoms with Crippen LogP contribution < -0.4 is 9.47 Å². The molecule has 1 aliphatic carbocycles. The number of aryl methyl sites for hydroxylation is 1. The van der Waals surface area contributed by atoms with Gasteiger partial charge in [0.15, 0.2) is 11.5 Å². The van der Waals surface area contributed by atoms with E-state index < -0.39 is 0 Å². The van der Waals surface area contributed by atoms with Crippen LogP contribution in [0.1, 0.15) is 29.9 Å². The topological polar surface area (TPSA) is 31.4 Å². The molecule has 0 N–H and O–H groups in total. The van der Waals surface area contributed by atoms with Crippen LogP contribution >= 0.6 is 0 Å². The normalized spacial score (nSPS) is 14.2. The lowest BCUT2D eigenvalue weighted by molar-refractivity contribution is 0.352. The fraction of sp³-hybridized carbons (Fsp3) is 0.353. The van der Waals surface area contributed by atoms with Crippen LogP contribution in [-0.2, 0) is 0 Å². The minimum Gasteiger partial charge on any atom is -0.493 e. The fourth-order valence-corrected chi connectivity index (χ4v) is 2.53. The van der Waals surface area contributed by atoms with Gasteiger partial charge in [-0.15, -0.1) is 0 Å². The third-order valence-corrected chi connectivity index (χ3v) is 3.74. The predicted octanol–water partition coefficient (Wildman–Crippen LogP) is 3.95. The van der Waals surface area contributed by atoms with E-state index in [1.807, 2.05) is 18.3 Å². The molecule has 3 rings (SSSR count). The summed E-state index contributed by atoms with van der Waals surface area (Å²) >= 11 is 0. The summed E-state index contributed by atoms with van der Waals surface area (Å²) in [5, 5.41) is 0. The second-order valence-electron chi connectivity index (χ2n) is 5.29. The number of ether oxygens (including phenoxy) is 2. The van der Waals surface area contributed by atoms with Gasteiger partial charge in [-0.3, -0.25) is 4.98 Å². The Labute approximate surface area is 119 Å². The molecule has 2 aromatic rings. The van der Waals surface area contributed by atoms with Crippen molar-refractivity contribution < 1.29 is 9.47 Å². The minimum absolute atomic E-state index is 0.601. The van der Waals surface area contributed by atoms with Gasteiger partial charge in [0.2, 0.25) is 0 Å². The van der Waals surface area contributed by atoms with Crippen LogP contribution in [0.15, 0.2) is 30.5 Å². The van der Waals surface area contributed by atoms with E-state index in [9.17, 15) is 0 Å². The first-order chi connectivity index (χ1) is 9.72. The van der Waals surface area contributed by atoms with Crippen LogP contribution in [0.5, 0.6) is 11.5 Å². The molecule has 1 aromatic heterocycles. The van der Waals surface area contributed by atoms with Gasteiger partial charge in [0.05, 0.1) is 19.9 Å². The Kier molecular flexibility index (Phi) is 3.35. The Morgan fingerprint density at radius 2 is 1.90 bits per heavy atom. The molecule has 0 bridgehead atoms. The Bertz CT molecular complexity index is 633. The van der Waals surface area contributed by atoms with E-state index in [0.29, 0.717) is 5.92 Å². The van der Waals surface area contributed by atoms with Gasteiger partial charge in [0.25, 0.3) is 0 Å². The summed E-state index contributed by atoms with van der Waals surface area (Å²) in [6.07, 6.45) is 4.30. The Balaban J connectivity index is 2.14. The predicted molar refractivity (Wildman–Crippen MR) is 79.5 cm³/mol. The van der Waals surface area contributed by atoms with Crippen LogP contribution in [0.25, 0.3) is 11.3 Å². The highest BCUT2D eigenvalue weighted by molar-refractivity contribution is 5.67. The van der Waals surface area contributed by atoms with Crippen LogP contribution in [0.2, 0.25) is 0 Å². The molecular formula is C17H19NO2. The second-order valence-corrected chi connectivity index (χ2v) is 5.29. The number of benzene rings is 1. The molecule has 1 fully saturated rings. The first-order valence-corrected chi connectivity index (χ1v) is 6.92. The van der Waals surface area contributed by atoms with Crippen LogP contribution in [0.4, 0.5) is 0 Å². The van der Waals surface area contributed by atoms with Crippen molar-refractivity contribution in [3.63, 3.8) is 0 Å². The quantitative estimate of drug-likeness (QED) is 0.842. The van der Waals surface area contributed by atoms with E-state index in [4.69, 9.17) is 9.47 Å². The maximum absolute atomic E-state index is 5.54. The number of hydrogen-bond donors (Lipinski definition) is 0. The third-order valence-electron chi connectivity index (χ3n) is 3.74. The second kappa shape index (κ2) is 5.16. The van der Waals surface area contributed by atoms with Crippen molar-refractivity contribution in [2.75, 3.05) is 14.2 Å². The Morgan fingerprint density at radius 1 is 1.10 bits per heavy atom. The summed E-state index contributed by atoms with van der Waals surface area (Å²) in [5.74, 6) is 2.25. The third kappa shape index (κ3) is 2.36. The smallest absolute Gasteiger partial charge is 0.164 e. The number of pyridine rings is 1. The molecule has 0 amide bonds. The van der Waals surface area contributed by atoms with Crippen LogP contribution in [0, 0.1) is 6.92 Å². The summed E-state index contributed by atoms with van der Waals surface area (Å²) in [7, 11) is 3.39. The van der Waals surface area contributed by atoms with Crippen LogP contribution in [-0.4, -0.2) is 19.2 Å². The van der Waals surface area contributed by atoms with Gasteiger partial charge >= 0.3 is 0 Å². The van der Waals surface area contributed by atoms with E-state index in [1.165, 1.54) is 24.0 Å². The molecule has 0 aliphatic heterocycles. The molecular weight excluding hydrogens is 250 g/mol. The number of aromatic nitrogens is 1. The van der Waals surface area contributed by atoms with Crippen molar-refractivity contribution >= 4 is 0 Å². The molecule has 20 heavy (non-hydrogen) atoms. The zero-order valence-corrected chi connectivity index (χ0v) is 12.1. The van der Waals surface area contributed by atoms with Crippen molar-refractivity contribution in [2.24, 2.45) is 0 Å².